The standard InChI is InChI=1S/C9H13F6NO/c10-8(11,12)4-17-7-2-1-5(3-6(7)16)9(13,14)15/h5-7H,1-4,16H2/t5-,6-,7-/m1/s1. The van der Waals surface area contributed by atoms with E-state index >= 15 is 0 Å². The van der Waals surface area contributed by atoms with Crippen molar-refractivity contribution < 1.29 is 31.1 Å². The normalized spacial score (nSPS) is 31.6. The van der Waals surface area contributed by atoms with Crippen LogP contribution in [0.15, 0.2) is 0 Å². The highest BCUT2D eigenvalue weighted by atomic mass is 19.4. The van der Waals surface area contributed by atoms with E-state index in [0.717, 1.165) is 0 Å². The third-order valence-electron chi connectivity index (χ3n) is 2.76. The van der Waals surface area contributed by atoms with Gasteiger partial charge in [0.2, 0.25) is 0 Å². The van der Waals surface area contributed by atoms with Gasteiger partial charge in [0.25, 0.3) is 0 Å². The van der Waals surface area contributed by atoms with E-state index in [1.54, 1.807) is 0 Å². The first-order chi connectivity index (χ1) is 7.59. The Morgan fingerprint density at radius 3 is 2.06 bits per heavy atom. The van der Waals surface area contributed by atoms with Gasteiger partial charge >= 0.3 is 12.4 Å². The van der Waals surface area contributed by atoms with Crippen LogP contribution in [-0.4, -0.2) is 31.1 Å². The summed E-state index contributed by atoms with van der Waals surface area (Å²) >= 11 is 0. The molecule has 2 N–H and O–H groups in total. The third-order valence-corrected chi connectivity index (χ3v) is 2.76. The third kappa shape index (κ3) is 4.71. The fraction of sp³-hybridized carbons (Fsp3) is 1.00. The van der Waals surface area contributed by atoms with E-state index in [9.17, 15) is 26.3 Å². The number of alkyl halides is 6. The molecule has 1 aliphatic carbocycles. The van der Waals surface area contributed by atoms with Gasteiger partial charge in [0.1, 0.15) is 6.61 Å². The molecule has 0 radical (unpaired) electrons. The lowest BCUT2D eigenvalue weighted by Crippen LogP contribution is -2.46. The molecule has 1 rings (SSSR count). The maximum Gasteiger partial charge on any atom is 0.411 e. The first-order valence-electron chi connectivity index (χ1n) is 5.10. The van der Waals surface area contributed by atoms with Crippen molar-refractivity contribution >= 4 is 0 Å². The van der Waals surface area contributed by atoms with Gasteiger partial charge < -0.3 is 10.5 Å². The maximum absolute atomic E-state index is 12.3. The average molecular weight is 265 g/mol. The van der Waals surface area contributed by atoms with Crippen molar-refractivity contribution in [1.29, 1.82) is 0 Å². The summed E-state index contributed by atoms with van der Waals surface area (Å²) in [6.07, 6.45) is -10.5. The molecular formula is C9H13F6NO. The minimum absolute atomic E-state index is 0.0958. The van der Waals surface area contributed by atoms with E-state index in [2.05, 4.69) is 4.74 Å². The van der Waals surface area contributed by atoms with Crippen LogP contribution in [0.25, 0.3) is 0 Å². The van der Waals surface area contributed by atoms with E-state index < -0.39 is 37.0 Å². The van der Waals surface area contributed by atoms with Gasteiger partial charge in [0.05, 0.1) is 12.0 Å². The van der Waals surface area contributed by atoms with E-state index in [-0.39, 0.29) is 19.3 Å². The Morgan fingerprint density at radius 2 is 1.65 bits per heavy atom. The lowest BCUT2D eigenvalue weighted by Gasteiger charge is -2.34. The van der Waals surface area contributed by atoms with Crippen molar-refractivity contribution in [2.45, 2.75) is 43.8 Å². The summed E-state index contributed by atoms with van der Waals surface area (Å²) in [6.45, 7) is -1.47. The molecule has 0 aliphatic heterocycles. The number of halogens is 6. The second-order valence-electron chi connectivity index (χ2n) is 4.18. The van der Waals surface area contributed by atoms with Gasteiger partial charge in [-0.3, -0.25) is 0 Å². The molecule has 0 spiro atoms. The Hall–Kier alpha value is -0.500. The van der Waals surface area contributed by atoms with Crippen molar-refractivity contribution in [3.05, 3.63) is 0 Å². The topological polar surface area (TPSA) is 35.2 Å². The summed E-state index contributed by atoms with van der Waals surface area (Å²) in [4.78, 5) is 0. The molecule has 1 fully saturated rings. The van der Waals surface area contributed by atoms with Crippen LogP contribution in [0.3, 0.4) is 0 Å². The van der Waals surface area contributed by atoms with Crippen molar-refractivity contribution in [1.82, 2.24) is 0 Å². The lowest BCUT2D eigenvalue weighted by atomic mass is 9.84. The SMILES string of the molecule is N[C@@H]1C[C@H](C(F)(F)F)CC[C@H]1OCC(F)(F)F. The van der Waals surface area contributed by atoms with Crippen molar-refractivity contribution in [3.8, 4) is 0 Å². The van der Waals surface area contributed by atoms with E-state index in [0.29, 0.717) is 0 Å². The van der Waals surface area contributed by atoms with Crippen LogP contribution in [0.4, 0.5) is 26.3 Å². The van der Waals surface area contributed by atoms with Gasteiger partial charge in [-0.15, -0.1) is 0 Å². The molecule has 0 aromatic heterocycles. The Bertz CT molecular complexity index is 251. The van der Waals surface area contributed by atoms with Gasteiger partial charge in [0.15, 0.2) is 0 Å². The maximum atomic E-state index is 12.3. The van der Waals surface area contributed by atoms with Crippen LogP contribution < -0.4 is 5.73 Å². The Labute approximate surface area is 94.1 Å². The van der Waals surface area contributed by atoms with E-state index in [1.807, 2.05) is 0 Å². The highest BCUT2D eigenvalue weighted by molar-refractivity contribution is 4.86. The quantitative estimate of drug-likeness (QED) is 0.779. The molecule has 8 heteroatoms. The highest BCUT2D eigenvalue weighted by Gasteiger charge is 2.44. The molecule has 0 bridgehead atoms. The second kappa shape index (κ2) is 5.01. The zero-order chi connectivity index (χ0) is 13.3. The Balaban J connectivity index is 2.43. The van der Waals surface area contributed by atoms with Gasteiger partial charge in [-0.25, -0.2) is 0 Å². The summed E-state index contributed by atoms with van der Waals surface area (Å²) in [6, 6.07) is -1.00. The molecule has 1 aliphatic rings. The van der Waals surface area contributed by atoms with Crippen LogP contribution in [0.5, 0.6) is 0 Å². The molecule has 0 amide bonds. The molecule has 0 aromatic carbocycles. The van der Waals surface area contributed by atoms with Crippen molar-refractivity contribution in [3.63, 3.8) is 0 Å². The van der Waals surface area contributed by atoms with Crippen LogP contribution >= 0.6 is 0 Å². The number of ether oxygens (including phenoxy) is 1. The Morgan fingerprint density at radius 1 is 1.06 bits per heavy atom. The van der Waals surface area contributed by atoms with Gasteiger partial charge in [-0.1, -0.05) is 0 Å². The Kier molecular flexibility index (Phi) is 4.29. The van der Waals surface area contributed by atoms with Crippen LogP contribution in [0, 0.1) is 5.92 Å². The highest BCUT2D eigenvalue weighted by Crippen LogP contribution is 2.38. The molecule has 0 heterocycles. The van der Waals surface area contributed by atoms with Crippen LogP contribution in [0.1, 0.15) is 19.3 Å². The fourth-order valence-electron chi connectivity index (χ4n) is 1.88. The van der Waals surface area contributed by atoms with Gasteiger partial charge in [0, 0.05) is 6.04 Å². The zero-order valence-corrected chi connectivity index (χ0v) is 8.81. The zero-order valence-electron chi connectivity index (χ0n) is 8.81. The fourth-order valence-corrected chi connectivity index (χ4v) is 1.88. The molecule has 17 heavy (non-hydrogen) atoms. The summed E-state index contributed by atoms with van der Waals surface area (Å²) in [5.41, 5.74) is 5.40. The average Bonchev–Trinajstić information content (AvgIpc) is 2.12. The van der Waals surface area contributed by atoms with Crippen molar-refractivity contribution in [2.24, 2.45) is 11.7 Å². The summed E-state index contributed by atoms with van der Waals surface area (Å²) < 4.78 is 77.1. The molecule has 102 valence electrons. The first-order valence-corrected chi connectivity index (χ1v) is 5.10. The number of hydrogen-bond donors (Lipinski definition) is 1. The molecular weight excluding hydrogens is 252 g/mol. The van der Waals surface area contributed by atoms with E-state index in [4.69, 9.17) is 5.73 Å². The van der Waals surface area contributed by atoms with E-state index in [1.165, 1.54) is 0 Å². The number of nitrogens with two attached hydrogens (primary N) is 1. The molecule has 3 atom stereocenters. The van der Waals surface area contributed by atoms with Crippen LogP contribution in [-0.2, 0) is 4.74 Å². The molecule has 0 unspecified atom stereocenters. The summed E-state index contributed by atoms with van der Waals surface area (Å²) in [7, 11) is 0. The van der Waals surface area contributed by atoms with Crippen LogP contribution in [0.2, 0.25) is 0 Å². The lowest BCUT2D eigenvalue weighted by molar-refractivity contribution is -0.208. The van der Waals surface area contributed by atoms with Crippen molar-refractivity contribution in [2.75, 3.05) is 6.61 Å². The summed E-state index contributed by atoms with van der Waals surface area (Å²) in [5, 5.41) is 0. The molecule has 2 nitrogen and oxygen atoms in total. The monoisotopic (exact) mass is 265 g/mol. The molecule has 0 aromatic rings. The largest absolute Gasteiger partial charge is 0.411 e. The minimum atomic E-state index is -4.49. The minimum Gasteiger partial charge on any atom is -0.367 e. The second-order valence-corrected chi connectivity index (χ2v) is 4.18. The smallest absolute Gasteiger partial charge is 0.367 e. The predicted molar refractivity (Wildman–Crippen MR) is 47.2 cm³/mol. The number of hydrogen-bond acceptors (Lipinski definition) is 2. The molecule has 1 saturated carbocycles. The molecule has 0 saturated heterocycles. The van der Waals surface area contributed by atoms with Gasteiger partial charge in [-0.05, 0) is 19.3 Å². The first kappa shape index (κ1) is 14.6. The summed E-state index contributed by atoms with van der Waals surface area (Å²) in [5.74, 6) is -1.54. The van der Waals surface area contributed by atoms with Gasteiger partial charge in [-0.2, -0.15) is 26.3 Å². The predicted octanol–water partition coefficient (Wildman–Crippen LogP) is 2.62. The number of rotatable bonds is 2.